The highest BCUT2D eigenvalue weighted by Gasteiger charge is 2.87. The van der Waals surface area contributed by atoms with E-state index < -0.39 is 64.0 Å². The Morgan fingerprint density at radius 3 is 2.68 bits per heavy atom. The van der Waals surface area contributed by atoms with Gasteiger partial charge in [-0.2, -0.15) is 18.4 Å². The zero-order valence-corrected chi connectivity index (χ0v) is 20.3. The predicted octanol–water partition coefficient (Wildman–Crippen LogP) is 2.88. The first-order valence-electron chi connectivity index (χ1n) is 12.3. The van der Waals surface area contributed by atoms with Gasteiger partial charge in [0.2, 0.25) is 11.8 Å². The van der Waals surface area contributed by atoms with E-state index >= 15 is 0 Å². The van der Waals surface area contributed by atoms with Crippen LogP contribution >= 0.6 is 0 Å². The summed E-state index contributed by atoms with van der Waals surface area (Å²) in [6, 6.07) is 13.6. The molecular weight excluding hydrogens is 503 g/mol. The van der Waals surface area contributed by atoms with Gasteiger partial charge in [0.05, 0.1) is 41.4 Å². The Bertz CT molecular complexity index is 1380. The molecule has 11 heteroatoms. The summed E-state index contributed by atoms with van der Waals surface area (Å²) in [5.74, 6) is -2.35. The minimum Gasteiger partial charge on any atom is -0.390 e. The number of hydrogen-bond acceptors (Lipinski definition) is 6. The number of fused-ring (bicyclic) bond motifs is 2. The van der Waals surface area contributed by atoms with E-state index in [4.69, 9.17) is 9.47 Å². The molecule has 2 aromatic rings. The normalized spacial score (nSPS) is 35.2. The van der Waals surface area contributed by atoms with Crippen LogP contribution in [0.5, 0.6) is 0 Å². The van der Waals surface area contributed by atoms with Crippen LogP contribution < -0.4 is 10.2 Å². The van der Waals surface area contributed by atoms with Crippen LogP contribution in [0.25, 0.3) is 0 Å². The summed E-state index contributed by atoms with van der Waals surface area (Å²) in [7, 11) is 0. The van der Waals surface area contributed by atoms with E-state index in [0.29, 0.717) is 0 Å². The van der Waals surface area contributed by atoms with E-state index in [1.165, 1.54) is 12.1 Å². The molecule has 2 bridgehead atoms. The molecule has 0 saturated carbocycles. The van der Waals surface area contributed by atoms with E-state index in [1.807, 2.05) is 30.3 Å². The Labute approximate surface area is 215 Å². The van der Waals surface area contributed by atoms with Crippen LogP contribution in [0.2, 0.25) is 0 Å². The molecule has 0 unspecified atom stereocenters. The number of carbonyl (C=O) groups is 2. The minimum absolute atomic E-state index is 0.00965. The Balaban J connectivity index is 1.48. The van der Waals surface area contributed by atoms with Crippen LogP contribution in [0.4, 0.5) is 18.9 Å². The summed E-state index contributed by atoms with van der Waals surface area (Å²) in [6.07, 6.45) is -6.75. The molecule has 6 rings (SSSR count). The summed E-state index contributed by atoms with van der Waals surface area (Å²) >= 11 is 0. The maximum Gasteiger partial charge on any atom is 0.417 e. The molecule has 198 valence electrons. The van der Waals surface area contributed by atoms with Gasteiger partial charge >= 0.3 is 6.18 Å². The third-order valence-electron chi connectivity index (χ3n) is 8.63. The van der Waals surface area contributed by atoms with Crippen molar-refractivity contribution in [1.82, 2.24) is 5.32 Å². The lowest BCUT2D eigenvalue weighted by Gasteiger charge is -2.46. The Kier molecular flexibility index (Phi) is 5.25. The van der Waals surface area contributed by atoms with Crippen molar-refractivity contribution in [2.24, 2.45) is 11.3 Å². The van der Waals surface area contributed by atoms with Crippen molar-refractivity contribution >= 4 is 17.5 Å². The fourth-order valence-corrected chi connectivity index (χ4v) is 7.11. The van der Waals surface area contributed by atoms with Gasteiger partial charge in [0, 0.05) is 25.1 Å². The maximum absolute atomic E-state index is 14.4. The summed E-state index contributed by atoms with van der Waals surface area (Å²) < 4.78 is 53.7. The third-order valence-corrected chi connectivity index (χ3v) is 8.63. The first-order valence-corrected chi connectivity index (χ1v) is 12.3. The monoisotopic (exact) mass is 527 g/mol. The van der Waals surface area contributed by atoms with Crippen LogP contribution in [0.15, 0.2) is 48.5 Å². The van der Waals surface area contributed by atoms with Crippen LogP contribution in [-0.2, 0) is 31.8 Å². The average Bonchev–Trinajstić information content (AvgIpc) is 3.41. The zero-order chi connectivity index (χ0) is 27.1. The molecule has 4 saturated heterocycles. The van der Waals surface area contributed by atoms with Gasteiger partial charge in [-0.05, 0) is 30.7 Å². The summed E-state index contributed by atoms with van der Waals surface area (Å²) in [6.45, 7) is 1.79. The number of nitriles is 1. The molecule has 4 fully saturated rings. The number of benzene rings is 2. The largest absolute Gasteiger partial charge is 0.417 e. The Morgan fingerprint density at radius 2 is 2.00 bits per heavy atom. The second kappa shape index (κ2) is 8.02. The van der Waals surface area contributed by atoms with Crippen molar-refractivity contribution in [2.75, 3.05) is 11.5 Å². The summed E-state index contributed by atoms with van der Waals surface area (Å²) in [5.41, 5.74) is -5.68. The number of aliphatic hydroxyl groups excluding tert-OH is 1. The molecule has 1 spiro atoms. The van der Waals surface area contributed by atoms with Crippen molar-refractivity contribution in [3.05, 3.63) is 65.2 Å². The second-order valence-corrected chi connectivity index (χ2v) is 10.5. The van der Waals surface area contributed by atoms with Gasteiger partial charge in [-0.3, -0.25) is 14.5 Å². The van der Waals surface area contributed by atoms with Crippen molar-refractivity contribution in [3.8, 4) is 6.07 Å². The lowest BCUT2D eigenvalue weighted by Crippen LogP contribution is -2.65. The van der Waals surface area contributed by atoms with Crippen molar-refractivity contribution in [1.29, 1.82) is 5.26 Å². The highest BCUT2D eigenvalue weighted by molar-refractivity contribution is 6.16. The number of nitrogens with one attached hydrogen (secondary N) is 1. The Morgan fingerprint density at radius 1 is 1.26 bits per heavy atom. The van der Waals surface area contributed by atoms with E-state index in [0.717, 1.165) is 22.6 Å². The average molecular weight is 527 g/mol. The first kappa shape index (κ1) is 24.9. The topological polar surface area (TPSA) is 112 Å². The van der Waals surface area contributed by atoms with Crippen molar-refractivity contribution in [2.45, 2.75) is 56.0 Å². The molecule has 4 aliphatic rings. The molecule has 8 nitrogen and oxygen atoms in total. The van der Waals surface area contributed by atoms with Crippen LogP contribution in [0, 0.1) is 22.7 Å². The van der Waals surface area contributed by atoms with Gasteiger partial charge < -0.3 is 19.9 Å². The van der Waals surface area contributed by atoms with Gasteiger partial charge in [-0.25, -0.2) is 0 Å². The van der Waals surface area contributed by atoms with Gasteiger partial charge in [0.15, 0.2) is 5.41 Å². The zero-order valence-electron chi connectivity index (χ0n) is 20.3. The van der Waals surface area contributed by atoms with Crippen molar-refractivity contribution in [3.63, 3.8) is 0 Å². The predicted molar refractivity (Wildman–Crippen MR) is 125 cm³/mol. The van der Waals surface area contributed by atoms with Gasteiger partial charge in [-0.15, -0.1) is 0 Å². The standard InChI is InChI=1S/C27H24F3N3O5/c1-24-12-19(34)25(38-24)9-10-37-21-20(25)26(24,22(35)32-14-15-5-3-2-4-6-15)23(36)33(21)17-8-7-16(13-31)18(11-17)27(28,29)30/h2-8,11,19-21,34H,9-10,12,14H2,1H3,(H,32,35)/t19-,20-,21-,24+,25-,26-/m0/s1. The van der Waals surface area contributed by atoms with E-state index in [2.05, 4.69) is 5.32 Å². The van der Waals surface area contributed by atoms with Crippen LogP contribution in [0.1, 0.15) is 36.5 Å². The molecule has 2 aromatic carbocycles. The molecular formula is C27H24F3N3O5. The molecule has 38 heavy (non-hydrogen) atoms. The molecule has 4 aliphatic heterocycles. The van der Waals surface area contributed by atoms with Gasteiger partial charge in [-0.1, -0.05) is 30.3 Å². The maximum atomic E-state index is 14.4. The number of aliphatic hydroxyl groups is 1. The minimum atomic E-state index is -4.84. The number of hydrogen-bond donors (Lipinski definition) is 2. The van der Waals surface area contributed by atoms with Crippen LogP contribution in [0.3, 0.4) is 0 Å². The van der Waals surface area contributed by atoms with Crippen LogP contribution in [-0.4, -0.2) is 47.1 Å². The molecule has 6 atom stereocenters. The quantitative estimate of drug-likeness (QED) is 0.592. The Hall–Kier alpha value is -3.46. The first-order chi connectivity index (χ1) is 18.0. The number of halogens is 3. The molecule has 0 radical (unpaired) electrons. The fraction of sp³-hybridized carbons (Fsp3) is 0.444. The lowest BCUT2D eigenvalue weighted by molar-refractivity contribution is -0.166. The second-order valence-electron chi connectivity index (χ2n) is 10.5. The number of anilines is 1. The molecule has 2 amide bonds. The molecule has 0 aliphatic carbocycles. The van der Waals surface area contributed by atoms with E-state index in [1.54, 1.807) is 6.92 Å². The van der Waals surface area contributed by atoms with Crippen molar-refractivity contribution < 1.29 is 37.3 Å². The smallest absolute Gasteiger partial charge is 0.390 e. The molecule has 4 heterocycles. The third kappa shape index (κ3) is 3.02. The molecule has 2 N–H and O–H groups in total. The number of carbonyl (C=O) groups excluding carboxylic acids is 2. The number of ether oxygens (including phenoxy) is 2. The number of amides is 2. The summed E-state index contributed by atoms with van der Waals surface area (Å²) in [5, 5.41) is 23.1. The molecule has 0 aromatic heterocycles. The lowest BCUT2D eigenvalue weighted by atomic mass is 9.55. The van der Waals surface area contributed by atoms with E-state index in [9.17, 15) is 33.1 Å². The SMILES string of the molecule is C[C@@]12C[C@H](O)[C@]3(CCO[C@H]4[C@@H]3[C@]1(C(=O)NCc1ccccc1)C(=O)N4c1ccc(C#N)c(C(F)(F)F)c1)O2. The summed E-state index contributed by atoms with van der Waals surface area (Å²) in [4.78, 5) is 29.5. The number of nitrogens with zero attached hydrogens (tertiary/aromatic N) is 2. The highest BCUT2D eigenvalue weighted by Crippen LogP contribution is 2.71. The fourth-order valence-electron chi connectivity index (χ4n) is 7.11. The van der Waals surface area contributed by atoms with E-state index in [-0.39, 0.29) is 31.7 Å². The van der Waals surface area contributed by atoms with Gasteiger partial charge in [0.25, 0.3) is 0 Å². The number of alkyl halides is 3. The van der Waals surface area contributed by atoms with Gasteiger partial charge in [0.1, 0.15) is 11.8 Å². The number of rotatable bonds is 4. The highest BCUT2D eigenvalue weighted by atomic mass is 19.4.